The van der Waals surface area contributed by atoms with Crippen molar-refractivity contribution in [2.75, 3.05) is 19.8 Å². The van der Waals surface area contributed by atoms with Crippen LogP contribution in [0.5, 0.6) is 0 Å². The van der Waals surface area contributed by atoms with Gasteiger partial charge in [-0.15, -0.1) is 0 Å². The molecule has 346 valence electrons. The molecule has 0 aliphatic carbocycles. The SMILES string of the molecule is CC/C=C\C/C=C\C/C=C\C/C=C\CCCCCCCCC(=O)OCC(COCCCCCCCC)OC(=O)CCCCCCCCCCC/C=C\C/C=C\CCCCC. The molecule has 0 rings (SSSR count). The Morgan fingerprint density at radius 1 is 0.383 bits per heavy atom. The second kappa shape index (κ2) is 50.7. The molecule has 0 amide bonds. The van der Waals surface area contributed by atoms with E-state index in [4.69, 9.17) is 14.2 Å². The summed E-state index contributed by atoms with van der Waals surface area (Å²) in [6.07, 6.45) is 64.9. The molecule has 0 radical (unpaired) electrons. The maximum Gasteiger partial charge on any atom is 0.306 e. The molecule has 0 aromatic heterocycles. The number of unbranched alkanes of at least 4 members (excludes halogenated alkanes) is 23. The van der Waals surface area contributed by atoms with E-state index in [1.165, 1.54) is 116 Å². The van der Waals surface area contributed by atoms with Crippen LogP contribution >= 0.6 is 0 Å². The molecule has 0 aromatic rings. The van der Waals surface area contributed by atoms with E-state index < -0.39 is 6.10 Å². The number of allylic oxidation sites excluding steroid dienone is 12. The van der Waals surface area contributed by atoms with E-state index in [9.17, 15) is 9.59 Å². The first-order chi connectivity index (χ1) is 29.6. The van der Waals surface area contributed by atoms with Gasteiger partial charge in [-0.25, -0.2) is 0 Å². The van der Waals surface area contributed by atoms with Crippen LogP contribution in [0.15, 0.2) is 72.9 Å². The molecule has 60 heavy (non-hydrogen) atoms. The maximum atomic E-state index is 12.7. The summed E-state index contributed by atoms with van der Waals surface area (Å²) in [6.45, 7) is 7.64. The molecule has 1 atom stereocenters. The molecular weight excluding hydrogens is 741 g/mol. The molecule has 0 N–H and O–H groups in total. The average molecular weight is 837 g/mol. The zero-order valence-electron chi connectivity index (χ0n) is 39.7. The molecule has 0 bridgehead atoms. The smallest absolute Gasteiger partial charge is 0.306 e. The van der Waals surface area contributed by atoms with Crippen LogP contribution in [0.25, 0.3) is 0 Å². The molecular formula is C55H96O5. The van der Waals surface area contributed by atoms with Crippen LogP contribution in [0.1, 0.15) is 239 Å². The lowest BCUT2D eigenvalue weighted by atomic mass is 10.1. The summed E-state index contributed by atoms with van der Waals surface area (Å²) in [5, 5.41) is 0. The molecule has 0 heterocycles. The summed E-state index contributed by atoms with van der Waals surface area (Å²) in [5.41, 5.74) is 0. The lowest BCUT2D eigenvalue weighted by molar-refractivity contribution is -0.163. The van der Waals surface area contributed by atoms with Crippen molar-refractivity contribution in [3.05, 3.63) is 72.9 Å². The average Bonchev–Trinajstić information content (AvgIpc) is 3.25. The van der Waals surface area contributed by atoms with E-state index in [1.807, 2.05) is 0 Å². The molecule has 1 unspecified atom stereocenters. The van der Waals surface area contributed by atoms with E-state index in [2.05, 4.69) is 93.7 Å². The van der Waals surface area contributed by atoms with Crippen molar-refractivity contribution in [3.63, 3.8) is 0 Å². The molecule has 0 aliphatic rings. The van der Waals surface area contributed by atoms with Crippen LogP contribution in [-0.4, -0.2) is 37.9 Å². The number of hydrogen-bond donors (Lipinski definition) is 0. The third kappa shape index (κ3) is 48.0. The molecule has 0 aromatic carbocycles. The summed E-state index contributed by atoms with van der Waals surface area (Å²) in [7, 11) is 0. The summed E-state index contributed by atoms with van der Waals surface area (Å²) in [4.78, 5) is 25.3. The topological polar surface area (TPSA) is 61.8 Å². The van der Waals surface area contributed by atoms with Crippen molar-refractivity contribution >= 4 is 11.9 Å². The van der Waals surface area contributed by atoms with Gasteiger partial charge in [-0.2, -0.15) is 0 Å². The summed E-state index contributed by atoms with van der Waals surface area (Å²) >= 11 is 0. The van der Waals surface area contributed by atoms with E-state index in [1.54, 1.807) is 0 Å². The Morgan fingerprint density at radius 2 is 0.750 bits per heavy atom. The predicted octanol–water partition coefficient (Wildman–Crippen LogP) is 17.1. The number of rotatable bonds is 46. The Morgan fingerprint density at radius 3 is 1.23 bits per heavy atom. The van der Waals surface area contributed by atoms with Crippen LogP contribution in [0, 0.1) is 0 Å². The van der Waals surface area contributed by atoms with Gasteiger partial charge < -0.3 is 14.2 Å². The third-order valence-electron chi connectivity index (χ3n) is 10.7. The highest BCUT2D eigenvalue weighted by Gasteiger charge is 2.17. The zero-order chi connectivity index (χ0) is 43.5. The minimum Gasteiger partial charge on any atom is -0.462 e. The number of carbonyl (C=O) groups is 2. The summed E-state index contributed by atoms with van der Waals surface area (Å²) in [6, 6.07) is 0. The highest BCUT2D eigenvalue weighted by molar-refractivity contribution is 5.70. The number of hydrogen-bond acceptors (Lipinski definition) is 5. The van der Waals surface area contributed by atoms with Gasteiger partial charge in [-0.3, -0.25) is 9.59 Å². The van der Waals surface area contributed by atoms with Gasteiger partial charge in [-0.05, 0) is 89.9 Å². The van der Waals surface area contributed by atoms with Gasteiger partial charge in [0.05, 0.1) is 6.61 Å². The molecule has 0 aliphatic heterocycles. The van der Waals surface area contributed by atoms with Crippen molar-refractivity contribution in [3.8, 4) is 0 Å². The van der Waals surface area contributed by atoms with Gasteiger partial charge >= 0.3 is 11.9 Å². The molecule has 0 fully saturated rings. The fourth-order valence-corrected chi connectivity index (χ4v) is 6.94. The van der Waals surface area contributed by atoms with Gasteiger partial charge in [0, 0.05) is 19.4 Å². The highest BCUT2D eigenvalue weighted by Crippen LogP contribution is 2.14. The Hall–Kier alpha value is -2.66. The van der Waals surface area contributed by atoms with E-state index >= 15 is 0 Å². The zero-order valence-corrected chi connectivity index (χ0v) is 39.7. The van der Waals surface area contributed by atoms with Crippen molar-refractivity contribution in [1.82, 2.24) is 0 Å². The highest BCUT2D eigenvalue weighted by atomic mass is 16.6. The standard InChI is InChI=1S/C55H96O5/c1-4-7-10-13-16-18-20-22-24-26-28-30-32-34-36-38-40-42-45-48-54(56)59-52-53(51-58-50-47-44-15-12-9-6-3)60-55(57)49-46-43-41-39-37-35-33-31-29-27-25-23-21-19-17-14-11-8-5-2/h7,10,16-19,22-25,28,30,53H,4-6,8-9,11-15,20-21,26-27,29,31-52H2,1-3H3/b10-7-,18-16-,19-17-,24-22-,25-23-,30-28-. The van der Waals surface area contributed by atoms with Gasteiger partial charge in [0.2, 0.25) is 0 Å². The van der Waals surface area contributed by atoms with E-state index in [0.29, 0.717) is 19.4 Å². The number of ether oxygens (including phenoxy) is 3. The maximum absolute atomic E-state index is 12.7. The number of carbonyl (C=O) groups excluding carboxylic acids is 2. The van der Waals surface area contributed by atoms with Gasteiger partial charge in [0.1, 0.15) is 6.61 Å². The molecule has 5 heteroatoms. The second-order valence-electron chi connectivity index (χ2n) is 16.7. The second-order valence-corrected chi connectivity index (χ2v) is 16.7. The van der Waals surface area contributed by atoms with Crippen LogP contribution < -0.4 is 0 Å². The third-order valence-corrected chi connectivity index (χ3v) is 10.7. The first kappa shape index (κ1) is 57.3. The first-order valence-corrected chi connectivity index (χ1v) is 25.5. The van der Waals surface area contributed by atoms with Crippen LogP contribution in [0.2, 0.25) is 0 Å². The number of esters is 2. The van der Waals surface area contributed by atoms with Crippen LogP contribution in [-0.2, 0) is 23.8 Å². The van der Waals surface area contributed by atoms with E-state index in [0.717, 1.165) is 89.9 Å². The van der Waals surface area contributed by atoms with Crippen molar-refractivity contribution < 1.29 is 23.8 Å². The van der Waals surface area contributed by atoms with Gasteiger partial charge in [0.25, 0.3) is 0 Å². The first-order valence-electron chi connectivity index (χ1n) is 25.5. The minimum atomic E-state index is -0.542. The molecule has 5 nitrogen and oxygen atoms in total. The normalized spacial score (nSPS) is 12.8. The van der Waals surface area contributed by atoms with Crippen LogP contribution in [0.3, 0.4) is 0 Å². The van der Waals surface area contributed by atoms with Crippen molar-refractivity contribution in [2.45, 2.75) is 245 Å². The largest absolute Gasteiger partial charge is 0.462 e. The lowest BCUT2D eigenvalue weighted by Crippen LogP contribution is -2.30. The minimum absolute atomic E-state index is 0.0746. The summed E-state index contributed by atoms with van der Waals surface area (Å²) < 4.78 is 17.3. The summed E-state index contributed by atoms with van der Waals surface area (Å²) in [5.74, 6) is -0.419. The Kier molecular flexibility index (Phi) is 48.4. The van der Waals surface area contributed by atoms with Crippen molar-refractivity contribution in [1.29, 1.82) is 0 Å². The fraction of sp³-hybridized carbons (Fsp3) is 0.745. The van der Waals surface area contributed by atoms with Crippen molar-refractivity contribution in [2.24, 2.45) is 0 Å². The Labute approximate surface area is 372 Å². The monoisotopic (exact) mass is 837 g/mol. The van der Waals surface area contributed by atoms with Gasteiger partial charge in [-0.1, -0.05) is 209 Å². The van der Waals surface area contributed by atoms with E-state index in [-0.39, 0.29) is 25.2 Å². The lowest BCUT2D eigenvalue weighted by Gasteiger charge is -2.18. The quantitative estimate of drug-likeness (QED) is 0.0347. The molecule has 0 saturated heterocycles. The molecule has 0 spiro atoms. The van der Waals surface area contributed by atoms with Crippen LogP contribution in [0.4, 0.5) is 0 Å². The predicted molar refractivity (Wildman–Crippen MR) is 260 cm³/mol. The molecule has 0 saturated carbocycles. The Bertz CT molecular complexity index is 1080. The fourth-order valence-electron chi connectivity index (χ4n) is 6.94. The van der Waals surface area contributed by atoms with Gasteiger partial charge in [0.15, 0.2) is 6.10 Å². The Balaban J connectivity index is 4.11.